The predicted molar refractivity (Wildman–Crippen MR) is 89.0 cm³/mol. The van der Waals surface area contributed by atoms with Crippen molar-refractivity contribution in [3.8, 4) is 0 Å². The van der Waals surface area contributed by atoms with Gasteiger partial charge in [-0.3, -0.25) is 4.79 Å². The molecule has 2 rings (SSSR count). The highest BCUT2D eigenvalue weighted by Gasteiger charge is 2.43. The smallest absolute Gasteiger partial charge is 0.222 e. The van der Waals surface area contributed by atoms with Gasteiger partial charge in [-0.25, -0.2) is 0 Å². The van der Waals surface area contributed by atoms with E-state index in [1.807, 2.05) is 30.0 Å². The number of hydrogen-bond acceptors (Lipinski definition) is 4. The predicted octanol–water partition coefficient (Wildman–Crippen LogP) is 2.21. The molecular formula is C15H23ClN2O2S. The number of thioether (sulfide) groups is 1. The van der Waals surface area contributed by atoms with E-state index in [2.05, 4.69) is 17.4 Å². The Kier molecular flexibility index (Phi) is 7.52. The molecule has 0 aliphatic heterocycles. The molecule has 1 fully saturated rings. The first-order valence-electron chi connectivity index (χ1n) is 6.91. The molecule has 118 valence electrons. The highest BCUT2D eigenvalue weighted by atomic mass is 35.5. The number of carbonyl (C=O) groups is 1. The van der Waals surface area contributed by atoms with Crippen LogP contribution in [0.25, 0.3) is 0 Å². The van der Waals surface area contributed by atoms with Gasteiger partial charge in [-0.05, 0) is 25.0 Å². The van der Waals surface area contributed by atoms with E-state index >= 15 is 0 Å². The average molecular weight is 331 g/mol. The number of nitrogens with one attached hydrogen (secondary N) is 1. The normalized spacial score (nSPS) is 16.7. The number of hydrogen-bond donors (Lipinski definition) is 2. The summed E-state index contributed by atoms with van der Waals surface area (Å²) in [6.45, 7) is 1.08. The van der Waals surface area contributed by atoms with Crippen LogP contribution in [0.4, 0.5) is 0 Å². The zero-order chi connectivity index (χ0) is 14.4. The van der Waals surface area contributed by atoms with Crippen LogP contribution in [0.5, 0.6) is 0 Å². The Morgan fingerprint density at radius 2 is 2.10 bits per heavy atom. The molecule has 1 aliphatic carbocycles. The van der Waals surface area contributed by atoms with Gasteiger partial charge in [0.25, 0.3) is 0 Å². The first kappa shape index (κ1) is 18.3. The second-order valence-corrected chi connectivity index (χ2v) is 6.71. The average Bonchev–Trinajstić information content (AvgIpc) is 3.24. The van der Waals surface area contributed by atoms with E-state index in [0.29, 0.717) is 19.5 Å². The van der Waals surface area contributed by atoms with Gasteiger partial charge in [-0.2, -0.15) is 0 Å². The molecular weight excluding hydrogens is 308 g/mol. The second-order valence-electron chi connectivity index (χ2n) is 5.17. The Labute approximate surface area is 136 Å². The Balaban J connectivity index is 0.00000220. The Hall–Kier alpha value is -0.750. The molecule has 1 aromatic carbocycles. The highest BCUT2D eigenvalue weighted by molar-refractivity contribution is 8.01. The first-order valence-corrected chi connectivity index (χ1v) is 7.73. The van der Waals surface area contributed by atoms with E-state index in [9.17, 15) is 4.79 Å². The van der Waals surface area contributed by atoms with Crippen molar-refractivity contribution in [2.45, 2.75) is 35.0 Å². The summed E-state index contributed by atoms with van der Waals surface area (Å²) in [5.74, 6) is 0.0160. The van der Waals surface area contributed by atoms with Crippen LogP contribution in [0, 0.1) is 0 Å². The third kappa shape index (κ3) is 5.87. The largest absolute Gasteiger partial charge is 0.380 e. The van der Waals surface area contributed by atoms with Crippen molar-refractivity contribution in [1.29, 1.82) is 0 Å². The summed E-state index contributed by atoms with van der Waals surface area (Å²) in [5, 5.41) is 3.01. The maximum atomic E-state index is 11.8. The Bertz CT molecular complexity index is 437. The van der Waals surface area contributed by atoms with Gasteiger partial charge in [-0.15, -0.1) is 24.2 Å². The van der Waals surface area contributed by atoms with Gasteiger partial charge < -0.3 is 15.8 Å². The lowest BCUT2D eigenvalue weighted by Gasteiger charge is -2.17. The number of benzene rings is 1. The molecule has 0 bridgehead atoms. The fraction of sp³-hybridized carbons (Fsp3) is 0.533. The first-order chi connectivity index (χ1) is 9.67. The summed E-state index contributed by atoms with van der Waals surface area (Å²) in [7, 11) is 1.58. The molecule has 1 aliphatic rings. The molecule has 3 N–H and O–H groups in total. The zero-order valence-corrected chi connectivity index (χ0v) is 13.8. The van der Waals surface area contributed by atoms with Crippen molar-refractivity contribution in [2.24, 2.45) is 5.73 Å². The molecule has 1 unspecified atom stereocenters. The molecule has 6 heteroatoms. The lowest BCUT2D eigenvalue weighted by Crippen LogP contribution is -2.36. The summed E-state index contributed by atoms with van der Waals surface area (Å²) in [4.78, 5) is 13.1. The van der Waals surface area contributed by atoms with Crippen LogP contribution in [0.3, 0.4) is 0 Å². The minimum atomic E-state index is -0.188. The second kappa shape index (κ2) is 8.63. The maximum Gasteiger partial charge on any atom is 0.222 e. The standard InChI is InChI=1S/C15H22N2O2S.ClH/c1-19-12(10-16)9-14(18)17-11-15(7-8-15)20-13-5-3-2-4-6-13;/h2-6,12H,7-11,16H2,1H3,(H,17,18);1H. The van der Waals surface area contributed by atoms with Gasteiger partial charge in [-0.1, -0.05) is 18.2 Å². The van der Waals surface area contributed by atoms with E-state index in [4.69, 9.17) is 10.5 Å². The van der Waals surface area contributed by atoms with Crippen LogP contribution in [0.2, 0.25) is 0 Å². The Morgan fingerprint density at radius 3 is 2.62 bits per heavy atom. The molecule has 1 amide bonds. The maximum absolute atomic E-state index is 11.8. The number of ether oxygens (including phenoxy) is 1. The van der Waals surface area contributed by atoms with Gasteiger partial charge in [0.2, 0.25) is 5.91 Å². The van der Waals surface area contributed by atoms with E-state index in [1.165, 1.54) is 4.90 Å². The summed E-state index contributed by atoms with van der Waals surface area (Å²) in [6.07, 6.45) is 2.44. The molecule has 1 atom stereocenters. The minimum absolute atomic E-state index is 0. The van der Waals surface area contributed by atoms with Crippen LogP contribution in [-0.4, -0.2) is 37.0 Å². The van der Waals surface area contributed by atoms with Crippen LogP contribution in [0.1, 0.15) is 19.3 Å². The zero-order valence-electron chi connectivity index (χ0n) is 12.2. The minimum Gasteiger partial charge on any atom is -0.380 e. The number of nitrogens with two attached hydrogens (primary N) is 1. The van der Waals surface area contributed by atoms with E-state index in [0.717, 1.165) is 12.8 Å². The molecule has 4 nitrogen and oxygen atoms in total. The lowest BCUT2D eigenvalue weighted by atomic mass is 10.2. The van der Waals surface area contributed by atoms with Gasteiger partial charge >= 0.3 is 0 Å². The van der Waals surface area contributed by atoms with E-state index < -0.39 is 0 Å². The fourth-order valence-corrected chi connectivity index (χ4v) is 3.24. The number of amides is 1. The van der Waals surface area contributed by atoms with Gasteiger partial charge in [0, 0.05) is 29.8 Å². The van der Waals surface area contributed by atoms with Crippen molar-refractivity contribution < 1.29 is 9.53 Å². The number of carbonyl (C=O) groups excluding carboxylic acids is 1. The molecule has 0 spiro atoms. The number of methoxy groups -OCH3 is 1. The van der Waals surface area contributed by atoms with Crippen molar-refractivity contribution >= 4 is 30.1 Å². The molecule has 1 aromatic rings. The summed E-state index contributed by atoms with van der Waals surface area (Å²) >= 11 is 1.86. The topological polar surface area (TPSA) is 64.3 Å². The molecule has 0 radical (unpaired) electrons. The van der Waals surface area contributed by atoms with Gasteiger partial charge in [0.05, 0.1) is 12.5 Å². The van der Waals surface area contributed by atoms with Crippen LogP contribution in [-0.2, 0) is 9.53 Å². The lowest BCUT2D eigenvalue weighted by molar-refractivity contribution is -0.123. The van der Waals surface area contributed by atoms with Crippen molar-refractivity contribution in [3.63, 3.8) is 0 Å². The summed E-state index contributed by atoms with van der Waals surface area (Å²) in [6, 6.07) is 10.3. The monoisotopic (exact) mass is 330 g/mol. The summed E-state index contributed by atoms with van der Waals surface area (Å²) < 4.78 is 5.31. The molecule has 0 saturated heterocycles. The molecule has 0 heterocycles. The van der Waals surface area contributed by atoms with Crippen molar-refractivity contribution in [2.75, 3.05) is 20.2 Å². The fourth-order valence-electron chi connectivity index (χ4n) is 1.99. The molecule has 0 aromatic heterocycles. The van der Waals surface area contributed by atoms with E-state index in [1.54, 1.807) is 7.11 Å². The van der Waals surface area contributed by atoms with Gasteiger partial charge in [0.15, 0.2) is 0 Å². The number of halogens is 1. The third-order valence-corrected chi connectivity index (χ3v) is 5.00. The third-order valence-electron chi connectivity index (χ3n) is 3.50. The molecule has 1 saturated carbocycles. The quantitative estimate of drug-likeness (QED) is 0.767. The highest BCUT2D eigenvalue weighted by Crippen LogP contribution is 2.51. The van der Waals surface area contributed by atoms with Crippen LogP contribution in [0.15, 0.2) is 35.2 Å². The van der Waals surface area contributed by atoms with Crippen LogP contribution >= 0.6 is 24.2 Å². The molecule has 21 heavy (non-hydrogen) atoms. The van der Waals surface area contributed by atoms with Crippen LogP contribution < -0.4 is 11.1 Å². The van der Waals surface area contributed by atoms with Crippen molar-refractivity contribution in [3.05, 3.63) is 30.3 Å². The van der Waals surface area contributed by atoms with E-state index in [-0.39, 0.29) is 29.2 Å². The van der Waals surface area contributed by atoms with Gasteiger partial charge in [0.1, 0.15) is 0 Å². The SMILES string of the molecule is COC(CN)CC(=O)NCC1(Sc2ccccc2)CC1.Cl. The summed E-state index contributed by atoms with van der Waals surface area (Å²) in [5.41, 5.74) is 5.52. The Morgan fingerprint density at radius 1 is 1.43 bits per heavy atom. The number of rotatable bonds is 8. The van der Waals surface area contributed by atoms with Crippen molar-refractivity contribution in [1.82, 2.24) is 5.32 Å².